The van der Waals surface area contributed by atoms with Gasteiger partial charge in [0.05, 0.1) is 27.2 Å². The first-order chi connectivity index (χ1) is 13.5. The number of aromatic carboxylic acids is 1. The number of fused-ring (bicyclic) bond motifs is 1. The van der Waals surface area contributed by atoms with Crippen LogP contribution in [0.5, 0.6) is 0 Å². The van der Waals surface area contributed by atoms with E-state index < -0.39 is 5.97 Å². The van der Waals surface area contributed by atoms with E-state index in [9.17, 15) is 9.59 Å². The zero-order valence-corrected chi connectivity index (χ0v) is 15.9. The van der Waals surface area contributed by atoms with E-state index >= 15 is 0 Å². The van der Waals surface area contributed by atoms with Crippen molar-refractivity contribution in [3.05, 3.63) is 93.7 Å². The monoisotopic (exact) mass is 408 g/mol. The minimum Gasteiger partial charge on any atom is -0.478 e. The van der Waals surface area contributed by atoms with Gasteiger partial charge in [0.2, 0.25) is 0 Å². The number of para-hydroxylation sites is 1. The van der Waals surface area contributed by atoms with Crippen molar-refractivity contribution in [1.29, 1.82) is 0 Å². The summed E-state index contributed by atoms with van der Waals surface area (Å²) in [6, 6.07) is 20.5. The molecule has 0 fully saturated rings. The molecule has 0 amide bonds. The van der Waals surface area contributed by atoms with Gasteiger partial charge in [-0.1, -0.05) is 35.9 Å². The lowest BCUT2D eigenvalue weighted by molar-refractivity contribution is 0.0697. The molecule has 0 saturated heterocycles. The molecule has 3 aromatic carbocycles. The molecule has 5 nitrogen and oxygen atoms in total. The molecule has 0 spiro atoms. The lowest BCUT2D eigenvalue weighted by Crippen LogP contribution is -2.21. The van der Waals surface area contributed by atoms with Crippen LogP contribution in [0.2, 0.25) is 5.02 Å². The number of hydrogen-bond acceptors (Lipinski definition) is 4. The Kier molecular flexibility index (Phi) is 4.90. The largest absolute Gasteiger partial charge is 0.478 e. The van der Waals surface area contributed by atoms with Gasteiger partial charge in [0, 0.05) is 4.90 Å². The summed E-state index contributed by atoms with van der Waals surface area (Å²) < 4.78 is 1.47. The van der Waals surface area contributed by atoms with Gasteiger partial charge < -0.3 is 5.11 Å². The molecule has 1 aromatic heterocycles. The summed E-state index contributed by atoms with van der Waals surface area (Å²) in [6.07, 6.45) is 0. The highest BCUT2D eigenvalue weighted by molar-refractivity contribution is 7.99. The molecule has 7 heteroatoms. The number of carboxylic acid groups (broad SMARTS) is 1. The third-order valence-electron chi connectivity index (χ3n) is 4.16. The Morgan fingerprint density at radius 3 is 2.36 bits per heavy atom. The summed E-state index contributed by atoms with van der Waals surface area (Å²) in [7, 11) is 0. The van der Waals surface area contributed by atoms with Crippen molar-refractivity contribution in [3.8, 4) is 5.69 Å². The van der Waals surface area contributed by atoms with Crippen LogP contribution in [0.3, 0.4) is 0 Å². The van der Waals surface area contributed by atoms with Crippen LogP contribution in [-0.2, 0) is 0 Å². The third kappa shape index (κ3) is 3.40. The van der Waals surface area contributed by atoms with Crippen molar-refractivity contribution in [2.45, 2.75) is 10.1 Å². The van der Waals surface area contributed by atoms with Gasteiger partial charge in [-0.2, -0.15) is 0 Å². The standard InChI is InChI=1S/C21H13ClN2O3S/c22-16-6-2-4-8-18(16)28-21-23-17-7-3-1-5-15(17)19(25)24(21)14-11-9-13(10-12-14)20(26)27/h1-12H,(H,26,27). The Bertz CT molecular complexity index is 1250. The summed E-state index contributed by atoms with van der Waals surface area (Å²) in [5.74, 6) is -1.03. The fourth-order valence-electron chi connectivity index (χ4n) is 2.79. The van der Waals surface area contributed by atoms with Crippen LogP contribution >= 0.6 is 23.4 Å². The predicted octanol–water partition coefficient (Wildman–Crippen LogP) is 4.89. The van der Waals surface area contributed by atoms with E-state index in [1.807, 2.05) is 24.3 Å². The second-order valence-electron chi connectivity index (χ2n) is 5.94. The maximum atomic E-state index is 13.2. The van der Waals surface area contributed by atoms with Crippen molar-refractivity contribution in [3.63, 3.8) is 0 Å². The van der Waals surface area contributed by atoms with Crippen molar-refractivity contribution >= 4 is 40.2 Å². The number of carbonyl (C=O) groups is 1. The average Bonchev–Trinajstić information content (AvgIpc) is 2.70. The Labute approximate surface area is 169 Å². The van der Waals surface area contributed by atoms with Gasteiger partial charge in [-0.25, -0.2) is 9.78 Å². The number of hydrogen-bond donors (Lipinski definition) is 1. The highest BCUT2D eigenvalue weighted by Gasteiger charge is 2.15. The van der Waals surface area contributed by atoms with Crippen LogP contribution in [0.25, 0.3) is 16.6 Å². The molecule has 0 aliphatic heterocycles. The topological polar surface area (TPSA) is 72.2 Å². The van der Waals surface area contributed by atoms with Crippen molar-refractivity contribution in [2.24, 2.45) is 0 Å². The Morgan fingerprint density at radius 2 is 1.64 bits per heavy atom. The number of benzene rings is 3. The number of rotatable bonds is 4. The zero-order chi connectivity index (χ0) is 19.7. The summed E-state index contributed by atoms with van der Waals surface area (Å²) in [5.41, 5.74) is 1.03. The van der Waals surface area contributed by atoms with E-state index in [4.69, 9.17) is 16.7 Å². The number of halogens is 1. The molecule has 0 unspecified atom stereocenters. The third-order valence-corrected chi connectivity index (χ3v) is 5.63. The normalized spacial score (nSPS) is 10.9. The maximum absolute atomic E-state index is 13.2. The van der Waals surface area contributed by atoms with Crippen LogP contribution in [-0.4, -0.2) is 20.6 Å². The van der Waals surface area contributed by atoms with E-state index in [2.05, 4.69) is 4.98 Å². The minimum atomic E-state index is -1.03. The molecule has 28 heavy (non-hydrogen) atoms. The van der Waals surface area contributed by atoms with Gasteiger partial charge in [-0.15, -0.1) is 0 Å². The van der Waals surface area contributed by atoms with Crippen LogP contribution < -0.4 is 5.56 Å². The highest BCUT2D eigenvalue weighted by Crippen LogP contribution is 2.33. The Balaban J connectivity index is 1.94. The van der Waals surface area contributed by atoms with Crippen LogP contribution in [0.1, 0.15) is 10.4 Å². The molecule has 0 radical (unpaired) electrons. The molecular formula is C21H13ClN2O3S. The van der Waals surface area contributed by atoms with Gasteiger partial charge in [-0.3, -0.25) is 9.36 Å². The van der Waals surface area contributed by atoms with Crippen molar-refractivity contribution in [2.75, 3.05) is 0 Å². The minimum absolute atomic E-state index is 0.144. The number of nitrogens with zero attached hydrogens (tertiary/aromatic N) is 2. The second-order valence-corrected chi connectivity index (χ2v) is 7.35. The summed E-state index contributed by atoms with van der Waals surface area (Å²) in [5, 5.41) is 10.6. The molecule has 4 rings (SSSR count). The summed E-state index contributed by atoms with van der Waals surface area (Å²) >= 11 is 7.56. The van der Waals surface area contributed by atoms with Gasteiger partial charge in [0.15, 0.2) is 5.16 Å². The first-order valence-electron chi connectivity index (χ1n) is 8.32. The van der Waals surface area contributed by atoms with Gasteiger partial charge in [-0.05, 0) is 60.3 Å². The Morgan fingerprint density at radius 1 is 0.964 bits per heavy atom. The number of carboxylic acids is 1. The quantitative estimate of drug-likeness (QED) is 0.487. The fourth-order valence-corrected chi connectivity index (χ4v) is 3.97. The SMILES string of the molecule is O=C(O)c1ccc(-n2c(Sc3ccccc3Cl)nc3ccccc3c2=O)cc1. The fraction of sp³-hybridized carbons (Fsp3) is 0. The molecule has 1 heterocycles. The predicted molar refractivity (Wildman–Crippen MR) is 110 cm³/mol. The lowest BCUT2D eigenvalue weighted by Gasteiger charge is -2.14. The molecule has 138 valence electrons. The van der Waals surface area contributed by atoms with Crippen LogP contribution in [0.15, 0.2) is 87.6 Å². The van der Waals surface area contributed by atoms with E-state index in [-0.39, 0.29) is 11.1 Å². The van der Waals surface area contributed by atoms with Gasteiger partial charge >= 0.3 is 5.97 Å². The van der Waals surface area contributed by atoms with Crippen molar-refractivity contribution < 1.29 is 9.90 Å². The smallest absolute Gasteiger partial charge is 0.335 e. The van der Waals surface area contributed by atoms with E-state index in [1.165, 1.54) is 28.5 Å². The summed E-state index contributed by atoms with van der Waals surface area (Å²) in [4.78, 5) is 29.8. The average molecular weight is 409 g/mol. The van der Waals surface area contributed by atoms with E-state index in [0.717, 1.165) is 4.90 Å². The molecule has 0 atom stereocenters. The van der Waals surface area contributed by atoms with Crippen molar-refractivity contribution in [1.82, 2.24) is 9.55 Å². The van der Waals surface area contributed by atoms with E-state index in [1.54, 1.807) is 36.4 Å². The molecule has 0 bridgehead atoms. The Hall–Kier alpha value is -3.09. The number of aromatic nitrogens is 2. The summed E-state index contributed by atoms with van der Waals surface area (Å²) in [6.45, 7) is 0. The highest BCUT2D eigenvalue weighted by atomic mass is 35.5. The van der Waals surface area contributed by atoms with Gasteiger partial charge in [0.25, 0.3) is 5.56 Å². The zero-order valence-electron chi connectivity index (χ0n) is 14.4. The van der Waals surface area contributed by atoms with E-state index in [0.29, 0.717) is 26.8 Å². The first kappa shape index (κ1) is 18.3. The molecule has 0 aliphatic rings. The van der Waals surface area contributed by atoms with Crippen LogP contribution in [0.4, 0.5) is 0 Å². The maximum Gasteiger partial charge on any atom is 0.335 e. The molecular weight excluding hydrogens is 396 g/mol. The van der Waals surface area contributed by atoms with Gasteiger partial charge in [0.1, 0.15) is 0 Å². The molecule has 0 saturated carbocycles. The molecule has 1 N–H and O–H groups in total. The lowest BCUT2D eigenvalue weighted by atomic mass is 10.2. The molecule has 4 aromatic rings. The van der Waals surface area contributed by atoms with Crippen LogP contribution in [0, 0.1) is 0 Å². The first-order valence-corrected chi connectivity index (χ1v) is 9.52. The molecule has 0 aliphatic carbocycles. The second kappa shape index (κ2) is 7.50.